The summed E-state index contributed by atoms with van der Waals surface area (Å²) < 4.78 is 10.7. The molecular formula is C18H25ClO5. The van der Waals surface area contributed by atoms with Gasteiger partial charge in [0.1, 0.15) is 12.4 Å². The predicted molar refractivity (Wildman–Crippen MR) is 89.7 cm³/mol. The molecule has 0 aromatic heterocycles. The second kappa shape index (κ2) is 5.92. The Kier molecular flexibility index (Phi) is 4.46. The van der Waals surface area contributed by atoms with E-state index in [1.165, 1.54) is 0 Å². The molecule has 0 saturated heterocycles. The Morgan fingerprint density at radius 1 is 1.33 bits per heavy atom. The van der Waals surface area contributed by atoms with Crippen LogP contribution in [0.25, 0.3) is 0 Å². The number of alkyl halides is 1. The Labute approximate surface area is 147 Å². The Morgan fingerprint density at radius 2 is 2.00 bits per heavy atom. The molecule has 24 heavy (non-hydrogen) atoms. The van der Waals surface area contributed by atoms with Crippen molar-refractivity contribution >= 4 is 17.4 Å². The van der Waals surface area contributed by atoms with Gasteiger partial charge < -0.3 is 19.7 Å². The van der Waals surface area contributed by atoms with E-state index >= 15 is 0 Å². The van der Waals surface area contributed by atoms with E-state index in [0.29, 0.717) is 23.6 Å². The van der Waals surface area contributed by atoms with E-state index in [-0.39, 0.29) is 19.2 Å². The summed E-state index contributed by atoms with van der Waals surface area (Å²) in [5.74, 6) is 0.104. The molecule has 1 saturated carbocycles. The first-order chi connectivity index (χ1) is 11.2. The average Bonchev–Trinajstić information content (AvgIpc) is 3.29. The zero-order valence-electron chi connectivity index (χ0n) is 14.4. The van der Waals surface area contributed by atoms with Crippen LogP contribution in [0.4, 0.5) is 0 Å². The first-order valence-electron chi connectivity index (χ1n) is 8.32. The number of carbonyl (C=O) groups is 1. The molecule has 6 heteroatoms. The van der Waals surface area contributed by atoms with Gasteiger partial charge in [0, 0.05) is 22.3 Å². The SMILES string of the molecule is CC1=C2C(=C[C@@](C)(COCOCCCl)[C@@H]2O)C(=O)[C@](C)(O)C12CC2. The number of fused-ring (bicyclic) bond motifs is 1. The second-order valence-corrected chi connectivity index (χ2v) is 7.93. The van der Waals surface area contributed by atoms with Crippen molar-refractivity contribution in [3.63, 3.8) is 0 Å². The van der Waals surface area contributed by atoms with E-state index in [1.54, 1.807) is 13.0 Å². The van der Waals surface area contributed by atoms with Crippen LogP contribution in [0.2, 0.25) is 0 Å². The maximum Gasteiger partial charge on any atom is 0.195 e. The van der Waals surface area contributed by atoms with Gasteiger partial charge >= 0.3 is 0 Å². The summed E-state index contributed by atoms with van der Waals surface area (Å²) in [5.41, 5.74) is -0.572. The monoisotopic (exact) mass is 356 g/mol. The van der Waals surface area contributed by atoms with E-state index < -0.39 is 22.5 Å². The van der Waals surface area contributed by atoms with Gasteiger partial charge in [-0.1, -0.05) is 18.6 Å². The second-order valence-electron chi connectivity index (χ2n) is 7.55. The molecule has 5 nitrogen and oxygen atoms in total. The van der Waals surface area contributed by atoms with Crippen LogP contribution >= 0.6 is 11.6 Å². The number of carbonyl (C=O) groups excluding carboxylic acids is 1. The Morgan fingerprint density at radius 3 is 2.58 bits per heavy atom. The van der Waals surface area contributed by atoms with Crippen LogP contribution in [0.5, 0.6) is 0 Å². The van der Waals surface area contributed by atoms with Crippen molar-refractivity contribution in [3.8, 4) is 0 Å². The third-order valence-electron chi connectivity index (χ3n) is 5.95. The van der Waals surface area contributed by atoms with Gasteiger partial charge in [-0.05, 0) is 32.3 Å². The molecule has 0 heterocycles. The van der Waals surface area contributed by atoms with Gasteiger partial charge in [-0.15, -0.1) is 11.6 Å². The van der Waals surface area contributed by atoms with Crippen LogP contribution in [0.1, 0.15) is 33.6 Å². The predicted octanol–water partition coefficient (Wildman–Crippen LogP) is 1.95. The first kappa shape index (κ1) is 18.1. The summed E-state index contributed by atoms with van der Waals surface area (Å²) in [6.07, 6.45) is 2.49. The maximum absolute atomic E-state index is 12.8. The van der Waals surface area contributed by atoms with Gasteiger partial charge in [-0.2, -0.15) is 0 Å². The first-order valence-corrected chi connectivity index (χ1v) is 8.86. The molecule has 1 fully saturated rings. The number of ether oxygens (including phenoxy) is 2. The van der Waals surface area contributed by atoms with Crippen molar-refractivity contribution in [2.45, 2.75) is 45.3 Å². The van der Waals surface area contributed by atoms with Crippen molar-refractivity contribution in [2.24, 2.45) is 10.8 Å². The van der Waals surface area contributed by atoms with Crippen molar-refractivity contribution in [3.05, 3.63) is 22.8 Å². The lowest BCUT2D eigenvalue weighted by Gasteiger charge is -2.39. The number of hydrogen-bond donors (Lipinski definition) is 2. The van der Waals surface area contributed by atoms with Crippen LogP contribution in [0.15, 0.2) is 22.8 Å². The quantitative estimate of drug-likeness (QED) is 0.432. The van der Waals surface area contributed by atoms with Gasteiger partial charge in [-0.3, -0.25) is 4.79 Å². The fourth-order valence-electron chi connectivity index (χ4n) is 4.20. The summed E-state index contributed by atoms with van der Waals surface area (Å²) >= 11 is 5.53. The molecule has 0 radical (unpaired) electrons. The Balaban J connectivity index is 1.86. The summed E-state index contributed by atoms with van der Waals surface area (Å²) in [5, 5.41) is 21.7. The third kappa shape index (κ3) is 2.41. The molecule has 2 N–H and O–H groups in total. The van der Waals surface area contributed by atoms with Crippen LogP contribution in [0, 0.1) is 10.8 Å². The van der Waals surface area contributed by atoms with E-state index in [4.69, 9.17) is 21.1 Å². The van der Waals surface area contributed by atoms with Crippen LogP contribution in [-0.2, 0) is 14.3 Å². The minimum atomic E-state index is -1.40. The van der Waals surface area contributed by atoms with Crippen LogP contribution in [-0.4, -0.2) is 53.6 Å². The third-order valence-corrected chi connectivity index (χ3v) is 6.11. The number of aliphatic hydroxyl groups excluding tert-OH is 1. The highest BCUT2D eigenvalue weighted by molar-refractivity contribution is 6.17. The number of halogens is 1. The molecule has 0 unspecified atom stereocenters. The largest absolute Gasteiger partial charge is 0.387 e. The lowest BCUT2D eigenvalue weighted by Crippen LogP contribution is -2.50. The zero-order chi connectivity index (χ0) is 17.8. The van der Waals surface area contributed by atoms with Crippen LogP contribution < -0.4 is 0 Å². The molecule has 3 aliphatic carbocycles. The average molecular weight is 357 g/mol. The van der Waals surface area contributed by atoms with Crippen LogP contribution in [0.3, 0.4) is 0 Å². The summed E-state index contributed by atoms with van der Waals surface area (Å²) in [6.45, 7) is 6.09. The summed E-state index contributed by atoms with van der Waals surface area (Å²) in [7, 11) is 0. The molecule has 0 amide bonds. The fraction of sp³-hybridized carbons (Fsp3) is 0.722. The molecule has 3 rings (SSSR count). The zero-order valence-corrected chi connectivity index (χ0v) is 15.2. The summed E-state index contributed by atoms with van der Waals surface area (Å²) in [6, 6.07) is 0. The standard InChI is InChI=1S/C18H25ClO5/c1-11-13-12(14(20)17(3,22)18(11)4-5-18)8-16(2,15(13)21)9-24-10-23-7-6-19/h8,15,21-22H,4-7,9-10H2,1-3H3/t15-,16+,17+/m1/s1. The molecule has 0 bridgehead atoms. The normalized spacial score (nSPS) is 37.0. The van der Waals surface area contributed by atoms with E-state index in [9.17, 15) is 15.0 Å². The Hall–Kier alpha value is -0.720. The number of hydrogen-bond acceptors (Lipinski definition) is 5. The minimum Gasteiger partial charge on any atom is -0.387 e. The van der Waals surface area contributed by atoms with Gasteiger partial charge in [0.2, 0.25) is 0 Å². The minimum absolute atomic E-state index is 0.0891. The highest BCUT2D eigenvalue weighted by Crippen LogP contribution is 2.65. The fourth-order valence-corrected chi connectivity index (χ4v) is 4.31. The lowest BCUT2D eigenvalue weighted by atomic mass is 9.67. The molecule has 3 atom stereocenters. The van der Waals surface area contributed by atoms with Gasteiger partial charge in [0.05, 0.1) is 19.3 Å². The molecular weight excluding hydrogens is 332 g/mol. The number of Topliss-reactive ketones (excluding diaryl/α,β-unsaturated/α-hetero) is 1. The summed E-state index contributed by atoms with van der Waals surface area (Å²) in [4.78, 5) is 12.8. The number of ketones is 1. The van der Waals surface area contributed by atoms with E-state index in [1.807, 2.05) is 13.8 Å². The molecule has 3 aliphatic rings. The molecule has 134 valence electrons. The lowest BCUT2D eigenvalue weighted by molar-refractivity contribution is -0.138. The Bertz CT molecular complexity index is 617. The number of rotatable bonds is 6. The van der Waals surface area contributed by atoms with E-state index in [0.717, 1.165) is 18.4 Å². The van der Waals surface area contributed by atoms with Gasteiger partial charge in [-0.25, -0.2) is 0 Å². The topological polar surface area (TPSA) is 76.0 Å². The van der Waals surface area contributed by atoms with Crippen molar-refractivity contribution in [1.82, 2.24) is 0 Å². The molecule has 0 aromatic carbocycles. The molecule has 0 aliphatic heterocycles. The van der Waals surface area contributed by atoms with Crippen molar-refractivity contribution in [2.75, 3.05) is 25.9 Å². The van der Waals surface area contributed by atoms with E-state index in [2.05, 4.69) is 0 Å². The smallest absolute Gasteiger partial charge is 0.195 e. The maximum atomic E-state index is 12.8. The highest BCUT2D eigenvalue weighted by Gasteiger charge is 2.66. The van der Waals surface area contributed by atoms with Gasteiger partial charge in [0.15, 0.2) is 5.78 Å². The number of aliphatic hydroxyl groups is 2. The van der Waals surface area contributed by atoms with Crippen molar-refractivity contribution < 1.29 is 24.5 Å². The molecule has 1 spiro atoms. The van der Waals surface area contributed by atoms with Crippen molar-refractivity contribution in [1.29, 1.82) is 0 Å². The molecule has 0 aromatic rings. The van der Waals surface area contributed by atoms with Gasteiger partial charge in [0.25, 0.3) is 0 Å². The highest BCUT2D eigenvalue weighted by atomic mass is 35.5.